The lowest BCUT2D eigenvalue weighted by molar-refractivity contribution is -0.115. The molecular weight excluding hydrogens is 289 g/mol. The van der Waals surface area contributed by atoms with Gasteiger partial charge in [-0.1, -0.05) is 26.0 Å². The highest BCUT2D eigenvalue weighted by Gasteiger charge is 2.27. The van der Waals surface area contributed by atoms with Gasteiger partial charge >= 0.3 is 0 Å². The number of amides is 1. The van der Waals surface area contributed by atoms with Crippen LogP contribution >= 0.6 is 22.9 Å². The minimum Gasteiger partial charge on any atom is -0.273 e. The highest BCUT2D eigenvalue weighted by molar-refractivity contribution is 14.1. The molecule has 2 rings (SSSR count). The molecule has 0 saturated carbocycles. The smallest absolute Gasteiger partial charge is 0.240 e. The third-order valence-electron chi connectivity index (χ3n) is 2.57. The Kier molecular flexibility index (Phi) is 2.51. The van der Waals surface area contributed by atoms with Crippen molar-refractivity contribution in [2.75, 3.05) is 3.11 Å². The lowest BCUT2D eigenvalue weighted by Crippen LogP contribution is -2.13. The first-order chi connectivity index (χ1) is 6.61. The molecule has 0 radical (unpaired) electrons. The van der Waals surface area contributed by atoms with Gasteiger partial charge in [0, 0.05) is 0 Å². The highest BCUT2D eigenvalue weighted by atomic mass is 127. The Hall–Kier alpha value is -0.580. The molecule has 1 aromatic carbocycles. The number of hydrogen-bond acceptors (Lipinski definition) is 1. The summed E-state index contributed by atoms with van der Waals surface area (Å²) in [5.74, 6) is 0.675. The fourth-order valence-electron chi connectivity index (χ4n) is 1.86. The number of carbonyl (C=O) groups excluding carboxylic acids is 1. The molecule has 3 heteroatoms. The number of rotatable bonds is 1. The highest BCUT2D eigenvalue weighted by Crippen LogP contribution is 2.36. The van der Waals surface area contributed by atoms with Gasteiger partial charge in [0.1, 0.15) is 0 Å². The number of hydrogen-bond donors (Lipinski definition) is 0. The van der Waals surface area contributed by atoms with E-state index >= 15 is 0 Å². The maximum absolute atomic E-state index is 11.5. The third kappa shape index (κ3) is 1.43. The summed E-state index contributed by atoms with van der Waals surface area (Å²) in [6.45, 7) is 4.33. The third-order valence-corrected chi connectivity index (χ3v) is 3.63. The van der Waals surface area contributed by atoms with E-state index in [9.17, 15) is 4.79 Å². The lowest BCUT2D eigenvalue weighted by atomic mass is 9.96. The summed E-state index contributed by atoms with van der Waals surface area (Å²) in [4.78, 5) is 11.5. The molecule has 74 valence electrons. The predicted octanol–water partition coefficient (Wildman–Crippen LogP) is 3.05. The van der Waals surface area contributed by atoms with Gasteiger partial charge in [-0.2, -0.15) is 0 Å². The fourth-order valence-corrected chi connectivity index (χ4v) is 2.49. The van der Waals surface area contributed by atoms with Gasteiger partial charge in [0.25, 0.3) is 0 Å². The molecule has 0 unspecified atom stereocenters. The molecule has 0 aromatic heterocycles. The van der Waals surface area contributed by atoms with Gasteiger partial charge in [0.05, 0.1) is 35.0 Å². The first-order valence-corrected chi connectivity index (χ1v) is 5.68. The van der Waals surface area contributed by atoms with E-state index in [0.29, 0.717) is 12.3 Å². The predicted molar refractivity (Wildman–Crippen MR) is 65.7 cm³/mol. The second kappa shape index (κ2) is 3.53. The Morgan fingerprint density at radius 1 is 1.43 bits per heavy atom. The standard InChI is InChI=1S/C11H12INO/c1-7(2)8-4-3-5-10-9(8)6-11(14)13(10)12/h3-5,7H,6H2,1-2H3. The molecule has 0 atom stereocenters. The zero-order valence-electron chi connectivity index (χ0n) is 8.25. The van der Waals surface area contributed by atoms with Crippen LogP contribution in [-0.4, -0.2) is 5.91 Å². The number of fused-ring (bicyclic) bond motifs is 1. The van der Waals surface area contributed by atoms with Crippen LogP contribution in [0.5, 0.6) is 0 Å². The lowest BCUT2D eigenvalue weighted by Gasteiger charge is -2.11. The van der Waals surface area contributed by atoms with Crippen LogP contribution in [0.2, 0.25) is 0 Å². The fraction of sp³-hybridized carbons (Fsp3) is 0.364. The van der Waals surface area contributed by atoms with Gasteiger partial charge in [-0.05, 0) is 23.1 Å². The van der Waals surface area contributed by atoms with Crippen molar-refractivity contribution in [1.29, 1.82) is 0 Å². The molecule has 2 nitrogen and oxygen atoms in total. The first-order valence-electron chi connectivity index (χ1n) is 4.71. The summed E-state index contributed by atoms with van der Waals surface area (Å²) in [5, 5.41) is 0. The van der Waals surface area contributed by atoms with Crippen molar-refractivity contribution in [3.63, 3.8) is 0 Å². The average molecular weight is 301 g/mol. The van der Waals surface area contributed by atoms with E-state index in [0.717, 1.165) is 5.69 Å². The summed E-state index contributed by atoms with van der Waals surface area (Å²) < 4.78 is 1.72. The molecule has 0 saturated heterocycles. The summed E-state index contributed by atoms with van der Waals surface area (Å²) in [6.07, 6.45) is 0.562. The van der Waals surface area contributed by atoms with Crippen LogP contribution in [0.4, 0.5) is 5.69 Å². The average Bonchev–Trinajstić information content (AvgIpc) is 2.43. The Morgan fingerprint density at radius 2 is 2.14 bits per heavy atom. The Labute approximate surface area is 97.8 Å². The van der Waals surface area contributed by atoms with Crippen LogP contribution in [-0.2, 0) is 11.2 Å². The zero-order valence-corrected chi connectivity index (χ0v) is 10.4. The second-order valence-electron chi connectivity index (χ2n) is 3.85. The van der Waals surface area contributed by atoms with Gasteiger partial charge in [-0.25, -0.2) is 0 Å². The number of anilines is 1. The molecular formula is C11H12INO. The SMILES string of the molecule is CC(C)c1cccc2c1CC(=O)N2I. The zero-order chi connectivity index (χ0) is 10.3. The van der Waals surface area contributed by atoms with Crippen LogP contribution < -0.4 is 3.11 Å². The molecule has 1 amide bonds. The van der Waals surface area contributed by atoms with Crippen LogP contribution in [0.15, 0.2) is 18.2 Å². The van der Waals surface area contributed by atoms with Crippen molar-refractivity contribution in [3.05, 3.63) is 29.3 Å². The van der Waals surface area contributed by atoms with E-state index < -0.39 is 0 Å². The first kappa shape index (κ1) is 9.96. The normalized spacial score (nSPS) is 15.1. The maximum atomic E-state index is 11.5. The molecule has 0 aliphatic carbocycles. The number of carbonyl (C=O) groups is 1. The topological polar surface area (TPSA) is 20.3 Å². The number of nitrogens with zero attached hydrogens (tertiary/aromatic N) is 1. The largest absolute Gasteiger partial charge is 0.273 e. The van der Waals surface area contributed by atoms with Crippen LogP contribution in [0, 0.1) is 0 Å². The van der Waals surface area contributed by atoms with Gasteiger partial charge < -0.3 is 0 Å². The summed E-state index contributed by atoms with van der Waals surface area (Å²) in [5.41, 5.74) is 3.58. The molecule has 14 heavy (non-hydrogen) atoms. The molecule has 0 bridgehead atoms. The quantitative estimate of drug-likeness (QED) is 0.577. The molecule has 0 fully saturated rings. The molecule has 1 aliphatic rings. The molecule has 1 aromatic rings. The molecule has 0 N–H and O–H groups in total. The van der Waals surface area contributed by atoms with Crippen LogP contribution in [0.3, 0.4) is 0 Å². The second-order valence-corrected chi connectivity index (χ2v) is 4.82. The molecule has 1 heterocycles. The van der Waals surface area contributed by atoms with E-state index in [1.807, 2.05) is 12.1 Å². The van der Waals surface area contributed by atoms with Crippen molar-refractivity contribution in [2.24, 2.45) is 0 Å². The van der Waals surface area contributed by atoms with Crippen molar-refractivity contribution in [2.45, 2.75) is 26.2 Å². The Morgan fingerprint density at radius 3 is 2.79 bits per heavy atom. The van der Waals surface area contributed by atoms with E-state index in [1.54, 1.807) is 3.11 Å². The van der Waals surface area contributed by atoms with Gasteiger partial charge in [0.2, 0.25) is 5.91 Å². The van der Waals surface area contributed by atoms with E-state index in [4.69, 9.17) is 0 Å². The molecule has 1 aliphatic heterocycles. The van der Waals surface area contributed by atoms with Gasteiger partial charge in [0.15, 0.2) is 0 Å². The summed E-state index contributed by atoms with van der Waals surface area (Å²) in [6, 6.07) is 6.16. The Bertz CT molecular complexity index is 387. The van der Waals surface area contributed by atoms with E-state index in [2.05, 4.69) is 42.8 Å². The van der Waals surface area contributed by atoms with Crippen molar-refractivity contribution in [1.82, 2.24) is 0 Å². The van der Waals surface area contributed by atoms with Crippen molar-refractivity contribution >= 4 is 34.5 Å². The van der Waals surface area contributed by atoms with Crippen molar-refractivity contribution in [3.8, 4) is 0 Å². The van der Waals surface area contributed by atoms with E-state index in [1.165, 1.54) is 11.1 Å². The van der Waals surface area contributed by atoms with Crippen LogP contribution in [0.1, 0.15) is 30.9 Å². The number of benzene rings is 1. The van der Waals surface area contributed by atoms with E-state index in [-0.39, 0.29) is 5.91 Å². The van der Waals surface area contributed by atoms with Gasteiger partial charge in [-0.15, -0.1) is 0 Å². The minimum absolute atomic E-state index is 0.189. The number of halogens is 1. The Balaban J connectivity index is 2.55. The van der Waals surface area contributed by atoms with Crippen molar-refractivity contribution < 1.29 is 4.79 Å². The maximum Gasteiger partial charge on any atom is 0.240 e. The monoisotopic (exact) mass is 301 g/mol. The summed E-state index contributed by atoms with van der Waals surface area (Å²) in [7, 11) is 0. The molecule has 0 spiro atoms. The minimum atomic E-state index is 0.189. The van der Waals surface area contributed by atoms with Gasteiger partial charge in [-0.3, -0.25) is 7.91 Å². The summed E-state index contributed by atoms with van der Waals surface area (Å²) >= 11 is 2.07. The van der Waals surface area contributed by atoms with Crippen LogP contribution in [0.25, 0.3) is 0 Å².